The van der Waals surface area contributed by atoms with Crippen LogP contribution in [0.15, 0.2) is 53.7 Å². The molecule has 3 rings (SSSR count). The number of benzene rings is 2. The van der Waals surface area contributed by atoms with E-state index in [0.29, 0.717) is 24.0 Å². The lowest BCUT2D eigenvalue weighted by Crippen LogP contribution is -2.14. The summed E-state index contributed by atoms with van der Waals surface area (Å²) in [5.74, 6) is 1.46. The third kappa shape index (κ3) is 6.07. The summed E-state index contributed by atoms with van der Waals surface area (Å²) in [6.07, 6.45) is 2.11. The number of nitro groups is 1. The van der Waals surface area contributed by atoms with Gasteiger partial charge >= 0.3 is 0 Å². The SMILES string of the molecule is CCCCOc1ccc(-c2nnc(SCC(=O)Nc3ccc([N+](=O)[O-])cc3)n2CC)cc1. The molecule has 1 aromatic heterocycles. The molecule has 9 nitrogen and oxygen atoms in total. The van der Waals surface area contributed by atoms with Crippen molar-refractivity contribution in [3.8, 4) is 17.1 Å². The van der Waals surface area contributed by atoms with E-state index in [2.05, 4.69) is 22.4 Å². The molecule has 0 radical (unpaired) electrons. The van der Waals surface area contributed by atoms with Crippen LogP contribution in [-0.4, -0.2) is 38.0 Å². The number of thioether (sulfide) groups is 1. The van der Waals surface area contributed by atoms with E-state index in [1.54, 1.807) is 0 Å². The molecule has 1 N–H and O–H groups in total. The monoisotopic (exact) mass is 455 g/mol. The second-order valence-electron chi connectivity index (χ2n) is 6.92. The summed E-state index contributed by atoms with van der Waals surface area (Å²) >= 11 is 1.28. The Balaban J connectivity index is 1.60. The molecule has 0 fully saturated rings. The van der Waals surface area contributed by atoms with Crippen LogP contribution in [-0.2, 0) is 11.3 Å². The van der Waals surface area contributed by atoms with Crippen molar-refractivity contribution in [2.75, 3.05) is 17.7 Å². The molecule has 0 aliphatic carbocycles. The van der Waals surface area contributed by atoms with Gasteiger partial charge in [0.15, 0.2) is 11.0 Å². The Labute approximate surface area is 190 Å². The lowest BCUT2D eigenvalue weighted by atomic mass is 10.2. The maximum atomic E-state index is 12.3. The predicted molar refractivity (Wildman–Crippen MR) is 124 cm³/mol. The van der Waals surface area contributed by atoms with Crippen LogP contribution in [0.1, 0.15) is 26.7 Å². The Kier molecular flexibility index (Phi) is 8.20. The summed E-state index contributed by atoms with van der Waals surface area (Å²) < 4.78 is 7.66. The summed E-state index contributed by atoms with van der Waals surface area (Å²) in [5, 5.41) is 22.6. The number of aromatic nitrogens is 3. The molecule has 0 spiro atoms. The van der Waals surface area contributed by atoms with E-state index in [-0.39, 0.29) is 17.3 Å². The molecule has 1 heterocycles. The molecule has 3 aromatic rings. The number of hydrogen-bond donors (Lipinski definition) is 1. The van der Waals surface area contributed by atoms with E-state index in [0.717, 1.165) is 30.0 Å². The number of non-ortho nitro benzene ring substituents is 1. The fraction of sp³-hybridized carbons (Fsp3) is 0.318. The lowest BCUT2D eigenvalue weighted by molar-refractivity contribution is -0.384. The molecule has 32 heavy (non-hydrogen) atoms. The molecule has 0 saturated heterocycles. The van der Waals surface area contributed by atoms with Gasteiger partial charge in [-0.05, 0) is 49.7 Å². The number of nitro benzene ring substituents is 1. The Morgan fingerprint density at radius 2 is 1.84 bits per heavy atom. The maximum absolute atomic E-state index is 12.3. The van der Waals surface area contributed by atoms with Crippen LogP contribution in [0.2, 0.25) is 0 Å². The van der Waals surface area contributed by atoms with E-state index < -0.39 is 4.92 Å². The number of ether oxygens (including phenoxy) is 1. The van der Waals surface area contributed by atoms with Gasteiger partial charge in [0.05, 0.1) is 17.3 Å². The molecule has 0 bridgehead atoms. The second kappa shape index (κ2) is 11.3. The number of amides is 1. The van der Waals surface area contributed by atoms with Crippen LogP contribution in [0.25, 0.3) is 11.4 Å². The van der Waals surface area contributed by atoms with Crippen molar-refractivity contribution in [2.45, 2.75) is 38.4 Å². The molecule has 1 amide bonds. The normalized spacial score (nSPS) is 10.7. The molecular weight excluding hydrogens is 430 g/mol. The van der Waals surface area contributed by atoms with Gasteiger partial charge in [0, 0.05) is 29.9 Å². The maximum Gasteiger partial charge on any atom is 0.269 e. The summed E-state index contributed by atoms with van der Waals surface area (Å²) in [6, 6.07) is 13.5. The molecule has 0 atom stereocenters. The first-order chi connectivity index (χ1) is 15.5. The summed E-state index contributed by atoms with van der Waals surface area (Å²) in [7, 11) is 0. The zero-order valence-electron chi connectivity index (χ0n) is 18.0. The highest BCUT2D eigenvalue weighted by molar-refractivity contribution is 7.99. The number of hydrogen-bond acceptors (Lipinski definition) is 7. The average Bonchev–Trinajstić information content (AvgIpc) is 3.21. The van der Waals surface area contributed by atoms with Gasteiger partial charge in [0.25, 0.3) is 5.69 Å². The number of unbranched alkanes of at least 4 members (excludes halogenated alkanes) is 1. The Morgan fingerprint density at radius 1 is 1.12 bits per heavy atom. The highest BCUT2D eigenvalue weighted by atomic mass is 32.2. The molecule has 0 unspecified atom stereocenters. The Morgan fingerprint density at radius 3 is 2.47 bits per heavy atom. The first-order valence-corrected chi connectivity index (χ1v) is 11.3. The quantitative estimate of drug-likeness (QED) is 0.192. The summed E-state index contributed by atoms with van der Waals surface area (Å²) in [5.41, 5.74) is 1.39. The molecule has 10 heteroatoms. The van der Waals surface area contributed by atoms with Gasteiger partial charge in [-0.2, -0.15) is 0 Å². The Bertz CT molecular complexity index is 1050. The van der Waals surface area contributed by atoms with E-state index in [4.69, 9.17) is 4.74 Å². The number of carbonyl (C=O) groups excluding carboxylic acids is 1. The van der Waals surface area contributed by atoms with Crippen LogP contribution in [0.5, 0.6) is 5.75 Å². The standard InChI is InChI=1S/C22H25N5O4S/c1-3-5-14-31-19-12-6-16(7-13-19)21-24-25-22(26(21)4-2)32-15-20(28)23-17-8-10-18(11-9-17)27(29)30/h6-13H,3-5,14-15H2,1-2H3,(H,23,28). The second-order valence-corrected chi connectivity index (χ2v) is 7.86. The van der Waals surface area contributed by atoms with Crippen molar-refractivity contribution in [3.63, 3.8) is 0 Å². The smallest absolute Gasteiger partial charge is 0.269 e. The number of rotatable bonds is 11. The van der Waals surface area contributed by atoms with Crippen molar-refractivity contribution in [3.05, 3.63) is 58.6 Å². The van der Waals surface area contributed by atoms with Crippen LogP contribution in [0.3, 0.4) is 0 Å². The van der Waals surface area contributed by atoms with Gasteiger partial charge in [-0.15, -0.1) is 10.2 Å². The van der Waals surface area contributed by atoms with Crippen molar-refractivity contribution in [1.82, 2.24) is 14.8 Å². The highest BCUT2D eigenvalue weighted by Gasteiger charge is 2.15. The van der Waals surface area contributed by atoms with Gasteiger partial charge in [-0.25, -0.2) is 0 Å². The predicted octanol–water partition coefficient (Wildman–Crippen LogP) is 4.78. The largest absolute Gasteiger partial charge is 0.494 e. The molecule has 168 valence electrons. The van der Waals surface area contributed by atoms with Crippen LogP contribution < -0.4 is 10.1 Å². The van der Waals surface area contributed by atoms with Crippen molar-refractivity contribution in [2.24, 2.45) is 0 Å². The minimum absolute atomic E-state index is 0.0264. The van der Waals surface area contributed by atoms with E-state index in [1.807, 2.05) is 35.8 Å². The van der Waals surface area contributed by atoms with Crippen molar-refractivity contribution < 1.29 is 14.5 Å². The highest BCUT2D eigenvalue weighted by Crippen LogP contribution is 2.26. The average molecular weight is 456 g/mol. The fourth-order valence-electron chi connectivity index (χ4n) is 2.92. The molecule has 2 aromatic carbocycles. The first-order valence-electron chi connectivity index (χ1n) is 10.3. The molecule has 0 aliphatic rings. The van der Waals surface area contributed by atoms with E-state index in [1.165, 1.54) is 36.0 Å². The summed E-state index contributed by atoms with van der Waals surface area (Å²) in [4.78, 5) is 22.5. The minimum Gasteiger partial charge on any atom is -0.494 e. The van der Waals surface area contributed by atoms with Crippen LogP contribution in [0.4, 0.5) is 11.4 Å². The van der Waals surface area contributed by atoms with Crippen molar-refractivity contribution >= 4 is 29.0 Å². The topological polar surface area (TPSA) is 112 Å². The lowest BCUT2D eigenvalue weighted by Gasteiger charge is -2.09. The first kappa shape index (κ1) is 23.3. The van der Waals surface area contributed by atoms with Gasteiger partial charge in [0.1, 0.15) is 5.75 Å². The van der Waals surface area contributed by atoms with Gasteiger partial charge < -0.3 is 14.6 Å². The minimum atomic E-state index is -0.483. The number of anilines is 1. The number of carbonyl (C=O) groups is 1. The van der Waals surface area contributed by atoms with Gasteiger partial charge in [0.2, 0.25) is 5.91 Å². The van der Waals surface area contributed by atoms with Gasteiger partial charge in [-0.3, -0.25) is 14.9 Å². The third-order valence-corrected chi connectivity index (χ3v) is 5.57. The fourth-order valence-corrected chi connectivity index (χ4v) is 3.72. The number of nitrogens with zero attached hydrogens (tertiary/aromatic N) is 4. The Hall–Kier alpha value is -3.40. The van der Waals surface area contributed by atoms with Crippen LogP contribution in [0, 0.1) is 10.1 Å². The van der Waals surface area contributed by atoms with Crippen LogP contribution >= 0.6 is 11.8 Å². The zero-order valence-corrected chi connectivity index (χ0v) is 18.8. The van der Waals surface area contributed by atoms with E-state index in [9.17, 15) is 14.9 Å². The van der Waals surface area contributed by atoms with E-state index >= 15 is 0 Å². The molecular formula is C22H25N5O4S. The van der Waals surface area contributed by atoms with Gasteiger partial charge in [-0.1, -0.05) is 25.1 Å². The van der Waals surface area contributed by atoms with Crippen molar-refractivity contribution in [1.29, 1.82) is 0 Å². The zero-order chi connectivity index (χ0) is 22.9. The summed E-state index contributed by atoms with van der Waals surface area (Å²) in [6.45, 7) is 5.47. The molecule has 0 aliphatic heterocycles. The number of nitrogens with one attached hydrogen (secondary N) is 1. The molecule has 0 saturated carbocycles. The third-order valence-electron chi connectivity index (χ3n) is 4.61.